The zero-order valence-corrected chi connectivity index (χ0v) is 14.3. The second kappa shape index (κ2) is 6.49. The highest BCUT2D eigenvalue weighted by molar-refractivity contribution is 6.31. The monoisotopic (exact) mass is 346 g/mol. The van der Waals surface area contributed by atoms with Gasteiger partial charge in [-0.2, -0.15) is 0 Å². The number of hydrogen-bond acceptors (Lipinski definition) is 4. The van der Waals surface area contributed by atoms with Crippen LogP contribution in [0, 0.1) is 6.92 Å². The lowest BCUT2D eigenvalue weighted by Gasteiger charge is -2.11. The molecule has 2 heterocycles. The van der Waals surface area contributed by atoms with E-state index in [1.54, 1.807) is 12.4 Å². The molecule has 0 aliphatic rings. The summed E-state index contributed by atoms with van der Waals surface area (Å²) in [6, 6.07) is 17.6. The van der Waals surface area contributed by atoms with Crippen LogP contribution < -0.4 is 5.32 Å². The topological polar surface area (TPSA) is 50.7 Å². The maximum atomic E-state index is 6.24. The lowest BCUT2D eigenvalue weighted by Crippen LogP contribution is -1.99. The molecular weight excluding hydrogens is 332 g/mol. The van der Waals surface area contributed by atoms with Crippen molar-refractivity contribution in [2.75, 3.05) is 5.32 Å². The SMILES string of the molecule is Cc1ccc(Nc2nc(-c3cccnc3)nc3ccccc23)cc1Cl. The number of aromatic nitrogens is 3. The second-order valence-electron chi connectivity index (χ2n) is 5.74. The summed E-state index contributed by atoms with van der Waals surface area (Å²) in [5, 5.41) is 5.04. The van der Waals surface area contributed by atoms with Gasteiger partial charge >= 0.3 is 0 Å². The van der Waals surface area contributed by atoms with Crippen molar-refractivity contribution in [1.29, 1.82) is 0 Å². The van der Waals surface area contributed by atoms with Gasteiger partial charge in [-0.3, -0.25) is 4.98 Å². The summed E-state index contributed by atoms with van der Waals surface area (Å²) in [5.41, 5.74) is 3.67. The van der Waals surface area contributed by atoms with Crippen LogP contribution in [-0.2, 0) is 0 Å². The van der Waals surface area contributed by atoms with E-state index >= 15 is 0 Å². The van der Waals surface area contributed by atoms with Crippen LogP contribution in [0.2, 0.25) is 5.02 Å². The first-order valence-corrected chi connectivity index (χ1v) is 8.29. The molecule has 2 aromatic carbocycles. The normalized spacial score (nSPS) is 10.8. The number of nitrogens with zero attached hydrogens (tertiary/aromatic N) is 3. The Bertz CT molecular complexity index is 1050. The van der Waals surface area contributed by atoms with Crippen LogP contribution in [0.15, 0.2) is 67.0 Å². The molecule has 0 aliphatic heterocycles. The van der Waals surface area contributed by atoms with Crippen molar-refractivity contribution >= 4 is 34.0 Å². The van der Waals surface area contributed by atoms with E-state index in [1.165, 1.54) is 0 Å². The number of anilines is 2. The van der Waals surface area contributed by atoms with Gasteiger partial charge < -0.3 is 5.32 Å². The molecule has 122 valence electrons. The van der Waals surface area contributed by atoms with Gasteiger partial charge in [0.2, 0.25) is 0 Å². The van der Waals surface area contributed by atoms with Crippen LogP contribution in [0.25, 0.3) is 22.3 Å². The molecule has 5 heteroatoms. The Labute approximate surface area is 150 Å². The number of pyridine rings is 1. The maximum Gasteiger partial charge on any atom is 0.163 e. The number of hydrogen-bond donors (Lipinski definition) is 1. The molecule has 0 aliphatic carbocycles. The number of fused-ring (bicyclic) bond motifs is 1. The van der Waals surface area contributed by atoms with E-state index in [-0.39, 0.29) is 0 Å². The molecule has 0 amide bonds. The molecule has 4 nitrogen and oxygen atoms in total. The summed E-state index contributed by atoms with van der Waals surface area (Å²) in [6.07, 6.45) is 3.49. The second-order valence-corrected chi connectivity index (χ2v) is 6.15. The number of aryl methyl sites for hydroxylation is 1. The average molecular weight is 347 g/mol. The third-order valence-electron chi connectivity index (χ3n) is 3.96. The van der Waals surface area contributed by atoms with Crippen molar-refractivity contribution in [2.45, 2.75) is 6.92 Å². The first kappa shape index (κ1) is 15.5. The summed E-state index contributed by atoms with van der Waals surface area (Å²) in [6.45, 7) is 1.98. The zero-order chi connectivity index (χ0) is 17.2. The minimum atomic E-state index is 0.632. The van der Waals surface area contributed by atoms with Crippen LogP contribution in [-0.4, -0.2) is 15.0 Å². The predicted octanol–water partition coefficient (Wildman–Crippen LogP) is 5.40. The zero-order valence-electron chi connectivity index (χ0n) is 13.6. The van der Waals surface area contributed by atoms with E-state index in [4.69, 9.17) is 16.6 Å². The molecule has 4 aromatic rings. The number of rotatable bonds is 3. The molecule has 0 radical (unpaired) electrons. The van der Waals surface area contributed by atoms with E-state index in [0.29, 0.717) is 5.82 Å². The van der Waals surface area contributed by atoms with Gasteiger partial charge in [-0.15, -0.1) is 0 Å². The molecule has 4 rings (SSSR count). The van der Waals surface area contributed by atoms with Gasteiger partial charge in [-0.1, -0.05) is 29.8 Å². The van der Waals surface area contributed by atoms with Crippen molar-refractivity contribution in [3.63, 3.8) is 0 Å². The smallest absolute Gasteiger partial charge is 0.163 e. The minimum Gasteiger partial charge on any atom is -0.340 e. The molecule has 0 bridgehead atoms. The van der Waals surface area contributed by atoms with Gasteiger partial charge in [0.05, 0.1) is 5.52 Å². The largest absolute Gasteiger partial charge is 0.340 e. The molecule has 25 heavy (non-hydrogen) atoms. The van der Waals surface area contributed by atoms with Crippen molar-refractivity contribution in [3.05, 3.63) is 77.6 Å². The Morgan fingerprint density at radius 1 is 0.960 bits per heavy atom. The van der Waals surface area contributed by atoms with Crippen LogP contribution in [0.4, 0.5) is 11.5 Å². The Morgan fingerprint density at radius 3 is 2.64 bits per heavy atom. The van der Waals surface area contributed by atoms with Gasteiger partial charge in [0.15, 0.2) is 5.82 Å². The summed E-state index contributed by atoms with van der Waals surface area (Å²) < 4.78 is 0. The van der Waals surface area contributed by atoms with E-state index in [9.17, 15) is 0 Å². The third-order valence-corrected chi connectivity index (χ3v) is 4.36. The van der Waals surface area contributed by atoms with Crippen LogP contribution >= 0.6 is 11.6 Å². The number of para-hydroxylation sites is 1. The van der Waals surface area contributed by atoms with Gasteiger partial charge in [-0.05, 0) is 48.9 Å². The lowest BCUT2D eigenvalue weighted by molar-refractivity contribution is 1.20. The fourth-order valence-electron chi connectivity index (χ4n) is 2.60. The maximum absolute atomic E-state index is 6.24. The molecule has 0 unspecified atom stereocenters. The quantitative estimate of drug-likeness (QED) is 0.539. The van der Waals surface area contributed by atoms with Gasteiger partial charge in [0, 0.05) is 34.1 Å². The molecule has 2 aromatic heterocycles. The van der Waals surface area contributed by atoms with Gasteiger partial charge in [0.1, 0.15) is 5.82 Å². The Hall–Kier alpha value is -2.98. The molecular formula is C20H15ClN4. The van der Waals surface area contributed by atoms with Crippen LogP contribution in [0.3, 0.4) is 0 Å². The van der Waals surface area contributed by atoms with Crippen molar-refractivity contribution in [3.8, 4) is 11.4 Å². The summed E-state index contributed by atoms with van der Waals surface area (Å²) in [5.74, 6) is 1.37. The van der Waals surface area contributed by atoms with E-state index in [0.717, 1.165) is 38.6 Å². The highest BCUT2D eigenvalue weighted by Gasteiger charge is 2.10. The Kier molecular flexibility index (Phi) is 4.04. The molecule has 0 spiro atoms. The first-order chi connectivity index (χ1) is 12.2. The molecule has 0 fully saturated rings. The summed E-state index contributed by atoms with van der Waals surface area (Å²) in [4.78, 5) is 13.5. The van der Waals surface area contributed by atoms with Gasteiger partial charge in [-0.25, -0.2) is 9.97 Å². The Morgan fingerprint density at radius 2 is 1.84 bits per heavy atom. The standard InChI is InChI=1S/C20H15ClN4/c1-13-8-9-15(11-17(13)21)23-20-16-6-2-3-7-18(16)24-19(25-20)14-5-4-10-22-12-14/h2-12H,1H3,(H,23,24,25). The first-order valence-electron chi connectivity index (χ1n) is 7.91. The molecule has 1 N–H and O–H groups in total. The molecule has 0 saturated heterocycles. The lowest BCUT2D eigenvalue weighted by atomic mass is 10.2. The van der Waals surface area contributed by atoms with E-state index in [1.807, 2.05) is 61.5 Å². The summed E-state index contributed by atoms with van der Waals surface area (Å²) in [7, 11) is 0. The van der Waals surface area contributed by atoms with Gasteiger partial charge in [0.25, 0.3) is 0 Å². The number of benzene rings is 2. The molecule has 0 atom stereocenters. The van der Waals surface area contributed by atoms with E-state index in [2.05, 4.69) is 15.3 Å². The van der Waals surface area contributed by atoms with E-state index < -0.39 is 0 Å². The third kappa shape index (κ3) is 3.16. The van der Waals surface area contributed by atoms with Crippen molar-refractivity contribution in [2.24, 2.45) is 0 Å². The predicted molar refractivity (Wildman–Crippen MR) is 102 cm³/mol. The highest BCUT2D eigenvalue weighted by atomic mass is 35.5. The fourth-order valence-corrected chi connectivity index (χ4v) is 2.78. The van der Waals surface area contributed by atoms with Crippen LogP contribution in [0.5, 0.6) is 0 Å². The number of halogens is 1. The minimum absolute atomic E-state index is 0.632. The highest BCUT2D eigenvalue weighted by Crippen LogP contribution is 2.28. The summed E-state index contributed by atoms with van der Waals surface area (Å²) >= 11 is 6.24. The van der Waals surface area contributed by atoms with Crippen molar-refractivity contribution < 1.29 is 0 Å². The fraction of sp³-hybridized carbons (Fsp3) is 0.0500. The number of nitrogens with one attached hydrogen (secondary N) is 1. The molecule has 0 saturated carbocycles. The Balaban J connectivity index is 1.85. The van der Waals surface area contributed by atoms with Crippen molar-refractivity contribution in [1.82, 2.24) is 15.0 Å². The average Bonchev–Trinajstić information content (AvgIpc) is 2.65. The van der Waals surface area contributed by atoms with Crippen LogP contribution in [0.1, 0.15) is 5.56 Å².